The van der Waals surface area contributed by atoms with E-state index in [1.807, 2.05) is 30.3 Å². The second-order valence-corrected chi connectivity index (χ2v) is 16.1. The molecule has 0 aromatic heterocycles. The van der Waals surface area contributed by atoms with Gasteiger partial charge >= 0.3 is 11.9 Å². The molecule has 3 aliphatic carbocycles. The van der Waals surface area contributed by atoms with Gasteiger partial charge in [0, 0.05) is 26.0 Å². The van der Waals surface area contributed by atoms with Crippen molar-refractivity contribution in [3.63, 3.8) is 0 Å². The summed E-state index contributed by atoms with van der Waals surface area (Å²) in [6, 6.07) is 10.9. The third kappa shape index (κ3) is 5.17. The van der Waals surface area contributed by atoms with Crippen LogP contribution in [0.5, 0.6) is 11.5 Å². The lowest BCUT2D eigenvalue weighted by Gasteiger charge is -2.65. The molecule has 5 aliphatic rings. The Hall–Kier alpha value is -2.95. The van der Waals surface area contributed by atoms with Crippen LogP contribution in [0.15, 0.2) is 36.4 Å². The number of benzene rings is 2. The van der Waals surface area contributed by atoms with Crippen molar-refractivity contribution in [1.82, 2.24) is 9.62 Å². The average Bonchev–Trinajstić information content (AvgIpc) is 3.69. The molecule has 2 saturated carbocycles. The summed E-state index contributed by atoms with van der Waals surface area (Å²) in [5.41, 5.74) is 2.15. The number of nitrogens with zero attached hydrogens (tertiary/aromatic N) is 1. The van der Waals surface area contributed by atoms with Crippen LogP contribution in [-0.2, 0) is 48.4 Å². The maximum absolute atomic E-state index is 13.9. The third-order valence-electron chi connectivity index (χ3n) is 10.7. The Morgan fingerprint density at radius 2 is 1.80 bits per heavy atom. The molecule has 2 aromatic rings. The zero-order valence-corrected chi connectivity index (χ0v) is 27.5. The van der Waals surface area contributed by atoms with E-state index in [0.717, 1.165) is 41.8 Å². The number of ether oxygens (including phenoxy) is 3. The Labute approximate surface area is 266 Å². The Morgan fingerprint density at radius 3 is 2.49 bits per heavy atom. The van der Waals surface area contributed by atoms with Crippen LogP contribution in [0.2, 0.25) is 0 Å². The number of esters is 2. The molecule has 0 radical (unpaired) electrons. The Kier molecular flexibility index (Phi) is 7.56. The van der Waals surface area contributed by atoms with Crippen molar-refractivity contribution in [3.8, 4) is 11.5 Å². The van der Waals surface area contributed by atoms with E-state index in [2.05, 4.69) is 23.5 Å². The molecule has 0 unspecified atom stereocenters. The van der Waals surface area contributed by atoms with Gasteiger partial charge in [-0.3, -0.25) is 14.5 Å². The van der Waals surface area contributed by atoms with E-state index in [9.17, 15) is 18.0 Å². The van der Waals surface area contributed by atoms with Crippen molar-refractivity contribution >= 4 is 22.0 Å². The van der Waals surface area contributed by atoms with E-state index in [0.29, 0.717) is 49.0 Å². The fourth-order valence-corrected chi connectivity index (χ4v) is 10.6. The summed E-state index contributed by atoms with van der Waals surface area (Å²) in [4.78, 5) is 27.6. The predicted molar refractivity (Wildman–Crippen MR) is 169 cm³/mol. The number of sulfonamides is 1. The van der Waals surface area contributed by atoms with Gasteiger partial charge in [-0.2, -0.15) is 0 Å². The average molecular weight is 637 g/mol. The van der Waals surface area contributed by atoms with Gasteiger partial charge in [0.15, 0.2) is 11.5 Å². The lowest BCUT2D eigenvalue weighted by atomic mass is 9.48. The maximum atomic E-state index is 13.9. The first-order chi connectivity index (χ1) is 21.4. The molecule has 1 N–H and O–H groups in total. The molecule has 2 aliphatic heterocycles. The molecule has 5 atom stereocenters. The van der Waals surface area contributed by atoms with E-state index in [1.165, 1.54) is 26.7 Å². The monoisotopic (exact) mass is 636 g/mol. The Balaban J connectivity index is 1.30. The van der Waals surface area contributed by atoms with Crippen molar-refractivity contribution in [2.75, 3.05) is 13.1 Å². The molecule has 242 valence electrons. The van der Waals surface area contributed by atoms with Gasteiger partial charge < -0.3 is 14.2 Å². The minimum atomic E-state index is -3.78. The lowest BCUT2D eigenvalue weighted by molar-refractivity contribution is -0.218. The lowest BCUT2D eigenvalue weighted by Crippen LogP contribution is -2.79. The SMILES string of the molecule is CC(=O)Oc1ccc2c3c1O[C@H]1[C@@H](NS(=O)(=O)Cc4ccccc4CC(C)C)CC[C@@]4(OC(C)=O)[C@@H](C2)N(CC2CC2)CC[C@]314. The van der Waals surface area contributed by atoms with Crippen LogP contribution in [0.1, 0.15) is 82.1 Å². The van der Waals surface area contributed by atoms with Crippen LogP contribution in [0.3, 0.4) is 0 Å². The predicted octanol–water partition coefficient (Wildman–Crippen LogP) is 4.43. The number of rotatable bonds is 10. The van der Waals surface area contributed by atoms with Crippen molar-refractivity contribution in [1.29, 1.82) is 0 Å². The topological polar surface area (TPSA) is 111 Å². The van der Waals surface area contributed by atoms with Gasteiger partial charge in [-0.15, -0.1) is 0 Å². The molecule has 1 saturated heterocycles. The number of hydrogen-bond acceptors (Lipinski definition) is 8. The molecule has 3 fully saturated rings. The number of nitrogens with one attached hydrogen (secondary N) is 1. The first-order valence-electron chi connectivity index (χ1n) is 16.4. The summed E-state index contributed by atoms with van der Waals surface area (Å²) in [5.74, 6) is 0.921. The van der Waals surface area contributed by atoms with Gasteiger partial charge in [0.05, 0.1) is 23.3 Å². The van der Waals surface area contributed by atoms with Crippen LogP contribution in [0.4, 0.5) is 0 Å². The Bertz CT molecular complexity index is 1640. The van der Waals surface area contributed by atoms with E-state index < -0.39 is 39.2 Å². The highest BCUT2D eigenvalue weighted by Crippen LogP contribution is 2.67. The van der Waals surface area contributed by atoms with Gasteiger partial charge in [-0.05, 0) is 86.1 Å². The highest BCUT2D eigenvalue weighted by atomic mass is 32.2. The first-order valence-corrected chi connectivity index (χ1v) is 18.1. The number of carbonyl (C=O) groups is 2. The number of hydrogen-bond donors (Lipinski definition) is 1. The van der Waals surface area contributed by atoms with Gasteiger partial charge in [-0.1, -0.05) is 44.2 Å². The van der Waals surface area contributed by atoms with E-state index in [-0.39, 0.29) is 17.8 Å². The quantitative estimate of drug-likeness (QED) is 0.301. The molecule has 9 nitrogen and oxygen atoms in total. The molecule has 45 heavy (non-hydrogen) atoms. The summed E-state index contributed by atoms with van der Waals surface area (Å²) >= 11 is 0. The fourth-order valence-electron chi connectivity index (χ4n) is 9.08. The summed E-state index contributed by atoms with van der Waals surface area (Å²) in [5, 5.41) is 0. The zero-order valence-electron chi connectivity index (χ0n) is 26.6. The first kappa shape index (κ1) is 30.7. The van der Waals surface area contributed by atoms with E-state index >= 15 is 0 Å². The minimum absolute atomic E-state index is 0.0552. The molecular formula is C35H44N2O7S. The standard InChI is InChI=1S/C35H44N2O7S/c1-21(2)17-25-7-5-6-8-27(25)20-45(40,41)36-28-13-14-35(44-23(4)39)30-18-26-11-12-29(42-22(3)38)32-31(26)34(35,33(28)43-32)15-16-37(30)19-24-9-10-24/h5-8,11-12,21,24,28,30,33,36H,9-10,13-20H2,1-4H3/t28-,30+,33-,34-,35+/m0/s1. The Morgan fingerprint density at radius 1 is 1.04 bits per heavy atom. The normalized spacial score (nSPS) is 30.0. The van der Waals surface area contributed by atoms with Crippen molar-refractivity contribution in [3.05, 3.63) is 58.7 Å². The molecule has 0 amide bonds. The van der Waals surface area contributed by atoms with Crippen molar-refractivity contribution in [2.24, 2.45) is 11.8 Å². The number of likely N-dealkylation sites (tertiary alicyclic amines) is 1. The van der Waals surface area contributed by atoms with Gasteiger partial charge in [0.1, 0.15) is 11.7 Å². The number of carbonyl (C=O) groups excluding carboxylic acids is 2. The van der Waals surface area contributed by atoms with Crippen LogP contribution in [0, 0.1) is 11.8 Å². The molecular weight excluding hydrogens is 592 g/mol. The fraction of sp³-hybridized carbons (Fsp3) is 0.600. The smallest absolute Gasteiger partial charge is 0.308 e. The van der Waals surface area contributed by atoms with Gasteiger partial charge in [0.25, 0.3) is 0 Å². The van der Waals surface area contributed by atoms with Crippen LogP contribution >= 0.6 is 0 Å². The van der Waals surface area contributed by atoms with Crippen molar-refractivity contribution < 1.29 is 32.2 Å². The van der Waals surface area contributed by atoms with Gasteiger partial charge in [0.2, 0.25) is 10.0 Å². The molecule has 7 rings (SSSR count). The third-order valence-corrected chi connectivity index (χ3v) is 12.1. The van der Waals surface area contributed by atoms with Crippen molar-refractivity contribution in [2.45, 2.75) is 108 Å². The summed E-state index contributed by atoms with van der Waals surface area (Å²) in [6.45, 7) is 8.84. The van der Waals surface area contributed by atoms with Gasteiger partial charge in [-0.25, -0.2) is 13.1 Å². The molecule has 10 heteroatoms. The summed E-state index contributed by atoms with van der Waals surface area (Å²) in [6.07, 6.45) is 4.89. The summed E-state index contributed by atoms with van der Waals surface area (Å²) in [7, 11) is -3.78. The van der Waals surface area contributed by atoms with Crippen LogP contribution in [-0.4, -0.2) is 62.1 Å². The molecule has 2 aromatic carbocycles. The zero-order chi connectivity index (χ0) is 31.7. The van der Waals surface area contributed by atoms with Crippen LogP contribution in [0.25, 0.3) is 0 Å². The summed E-state index contributed by atoms with van der Waals surface area (Å²) < 4.78 is 49.9. The number of piperidine rings is 1. The van der Waals surface area contributed by atoms with Crippen LogP contribution < -0.4 is 14.2 Å². The van der Waals surface area contributed by atoms with E-state index in [4.69, 9.17) is 14.2 Å². The second kappa shape index (κ2) is 11.1. The minimum Gasteiger partial charge on any atom is -0.483 e. The molecule has 2 heterocycles. The largest absolute Gasteiger partial charge is 0.483 e. The molecule has 1 spiro atoms. The van der Waals surface area contributed by atoms with E-state index in [1.54, 1.807) is 6.07 Å². The maximum Gasteiger partial charge on any atom is 0.308 e. The highest BCUT2D eigenvalue weighted by molar-refractivity contribution is 7.88. The molecule has 2 bridgehead atoms. The second-order valence-electron chi connectivity index (χ2n) is 14.3. The highest BCUT2D eigenvalue weighted by Gasteiger charge is 2.75.